The lowest BCUT2D eigenvalue weighted by atomic mass is 9.92. The molecule has 0 saturated carbocycles. The van der Waals surface area contributed by atoms with E-state index < -0.39 is 0 Å². The van der Waals surface area contributed by atoms with Crippen LogP contribution in [0.1, 0.15) is 0 Å². The summed E-state index contributed by atoms with van der Waals surface area (Å²) < 4.78 is 2.49. The molecule has 0 aliphatic rings. The maximum atomic E-state index is 2.49. The smallest absolute Gasteiger partial charge is 0.0547 e. The van der Waals surface area contributed by atoms with Gasteiger partial charge in [0, 0.05) is 33.4 Å². The Hall–Kier alpha value is -9.50. The van der Waals surface area contributed by atoms with E-state index in [1.54, 1.807) is 0 Å². The van der Waals surface area contributed by atoms with E-state index in [0.717, 1.165) is 39.4 Å². The van der Waals surface area contributed by atoms with Gasteiger partial charge in [-0.25, -0.2) is 0 Å². The first-order valence-electron chi connectivity index (χ1n) is 24.7. The monoisotopic (exact) mass is 916 g/mol. The molecule has 0 bridgehead atoms. The normalized spacial score (nSPS) is 11.3. The summed E-state index contributed by atoms with van der Waals surface area (Å²) in [4.78, 5) is 2.34. The van der Waals surface area contributed by atoms with Crippen LogP contribution in [-0.4, -0.2) is 4.57 Å². The van der Waals surface area contributed by atoms with Gasteiger partial charge in [0.15, 0.2) is 0 Å². The molecule has 0 amide bonds. The van der Waals surface area contributed by atoms with Gasteiger partial charge in [-0.3, -0.25) is 0 Å². The molecule has 0 atom stereocenters. The Morgan fingerprint density at radius 2 is 0.569 bits per heavy atom. The van der Waals surface area contributed by atoms with Crippen LogP contribution in [0.3, 0.4) is 0 Å². The molecule has 0 N–H and O–H groups in total. The molecule has 72 heavy (non-hydrogen) atoms. The summed E-state index contributed by atoms with van der Waals surface area (Å²) in [5.74, 6) is 0. The number of hydrogen-bond acceptors (Lipinski definition) is 1. The zero-order chi connectivity index (χ0) is 47.8. The molecule has 2 nitrogen and oxygen atoms in total. The average molecular weight is 917 g/mol. The van der Waals surface area contributed by atoms with Crippen LogP contribution in [0.25, 0.3) is 105 Å². The van der Waals surface area contributed by atoms with Crippen molar-refractivity contribution < 1.29 is 0 Å². The highest BCUT2D eigenvalue weighted by atomic mass is 15.1. The zero-order valence-corrected chi connectivity index (χ0v) is 39.6. The average Bonchev–Trinajstić information content (AvgIpc) is 3.81. The molecule has 1 aromatic heterocycles. The highest BCUT2D eigenvalue weighted by molar-refractivity contribution is 6.22. The fourth-order valence-corrected chi connectivity index (χ4v) is 10.8. The van der Waals surface area contributed by atoms with Gasteiger partial charge in [0.1, 0.15) is 0 Å². The van der Waals surface area contributed by atoms with Gasteiger partial charge in [0.2, 0.25) is 0 Å². The summed E-state index contributed by atoms with van der Waals surface area (Å²) in [5, 5.41) is 4.99. The van der Waals surface area contributed by atoms with Gasteiger partial charge in [-0.05, 0) is 127 Å². The van der Waals surface area contributed by atoms with Crippen molar-refractivity contribution in [1.82, 2.24) is 4.57 Å². The third kappa shape index (κ3) is 7.73. The Kier molecular flexibility index (Phi) is 10.9. The Morgan fingerprint density at radius 1 is 0.222 bits per heavy atom. The third-order valence-electron chi connectivity index (χ3n) is 14.2. The second-order valence-corrected chi connectivity index (χ2v) is 18.4. The first kappa shape index (κ1) is 42.6. The van der Waals surface area contributed by atoms with E-state index in [0.29, 0.717) is 0 Å². The van der Waals surface area contributed by atoms with Crippen LogP contribution >= 0.6 is 0 Å². The van der Waals surface area contributed by atoms with Gasteiger partial charge in [-0.1, -0.05) is 237 Å². The van der Waals surface area contributed by atoms with E-state index in [2.05, 4.69) is 301 Å². The van der Waals surface area contributed by atoms with Gasteiger partial charge < -0.3 is 9.47 Å². The fourth-order valence-electron chi connectivity index (χ4n) is 10.8. The standard InChI is InChI=1S/C70H48N2/c1-4-17-49(18-5-1)52-37-43-58(44-38-52)71(59-45-39-53(40-46-59)50-19-6-2-7-20-50)60-47-41-54(42-48-60)51-33-35-57(36-34-51)62-26-12-13-30-66(62)72-67-31-15-27-63(56-21-8-3-9-22-56)69(67)70-65(29-16-32-68(70)72)64-28-14-24-55-23-10-11-25-61(55)64/h1-48H. The molecule has 13 rings (SSSR count). The van der Waals surface area contributed by atoms with E-state index in [4.69, 9.17) is 0 Å². The molecule has 12 aromatic carbocycles. The van der Waals surface area contributed by atoms with Crippen molar-refractivity contribution in [1.29, 1.82) is 0 Å². The number of para-hydroxylation sites is 1. The molecular formula is C70H48N2. The van der Waals surface area contributed by atoms with Crippen LogP contribution in [0.15, 0.2) is 291 Å². The molecular weight excluding hydrogens is 869 g/mol. The second kappa shape index (κ2) is 18.4. The predicted molar refractivity (Wildman–Crippen MR) is 306 cm³/mol. The molecule has 0 saturated heterocycles. The molecule has 0 fully saturated rings. The van der Waals surface area contributed by atoms with Crippen molar-refractivity contribution in [2.75, 3.05) is 4.90 Å². The topological polar surface area (TPSA) is 8.17 Å². The van der Waals surface area contributed by atoms with Gasteiger partial charge in [0.25, 0.3) is 0 Å². The molecule has 1 heterocycles. The highest BCUT2D eigenvalue weighted by Gasteiger charge is 2.22. The van der Waals surface area contributed by atoms with Crippen LogP contribution in [0.5, 0.6) is 0 Å². The number of benzene rings is 12. The van der Waals surface area contributed by atoms with Crippen molar-refractivity contribution in [2.24, 2.45) is 0 Å². The van der Waals surface area contributed by atoms with Crippen molar-refractivity contribution in [3.05, 3.63) is 291 Å². The molecule has 0 aliphatic carbocycles. The van der Waals surface area contributed by atoms with Crippen molar-refractivity contribution in [3.63, 3.8) is 0 Å². The van der Waals surface area contributed by atoms with Gasteiger partial charge in [0.05, 0.1) is 16.7 Å². The summed E-state index contributed by atoms with van der Waals surface area (Å²) in [6.07, 6.45) is 0. The molecule has 0 radical (unpaired) electrons. The van der Waals surface area contributed by atoms with Gasteiger partial charge in [-0.15, -0.1) is 0 Å². The molecule has 338 valence electrons. The summed E-state index contributed by atoms with van der Waals surface area (Å²) in [7, 11) is 0. The molecule has 0 unspecified atom stereocenters. The highest BCUT2D eigenvalue weighted by Crippen LogP contribution is 2.46. The van der Waals surface area contributed by atoms with Crippen LogP contribution in [0.4, 0.5) is 17.1 Å². The van der Waals surface area contributed by atoms with Crippen LogP contribution < -0.4 is 4.90 Å². The number of aromatic nitrogens is 1. The Morgan fingerprint density at radius 3 is 1.12 bits per heavy atom. The number of rotatable bonds is 10. The fraction of sp³-hybridized carbons (Fsp3) is 0. The Bertz CT molecular complexity index is 3940. The predicted octanol–water partition coefficient (Wildman–Crippen LogP) is 19.4. The zero-order valence-electron chi connectivity index (χ0n) is 39.6. The lowest BCUT2D eigenvalue weighted by Crippen LogP contribution is -2.09. The van der Waals surface area contributed by atoms with Crippen molar-refractivity contribution in [2.45, 2.75) is 0 Å². The van der Waals surface area contributed by atoms with Gasteiger partial charge >= 0.3 is 0 Å². The second-order valence-electron chi connectivity index (χ2n) is 18.4. The minimum absolute atomic E-state index is 1.09. The molecule has 13 aromatic rings. The molecule has 2 heteroatoms. The van der Waals surface area contributed by atoms with Crippen LogP contribution in [0.2, 0.25) is 0 Å². The summed E-state index contributed by atoms with van der Waals surface area (Å²) >= 11 is 0. The van der Waals surface area contributed by atoms with E-state index in [1.807, 2.05) is 0 Å². The maximum Gasteiger partial charge on any atom is 0.0547 e. The van der Waals surface area contributed by atoms with Crippen LogP contribution in [-0.2, 0) is 0 Å². The van der Waals surface area contributed by atoms with E-state index in [9.17, 15) is 0 Å². The quantitative estimate of drug-likeness (QED) is 0.133. The number of anilines is 3. The maximum absolute atomic E-state index is 2.49. The van der Waals surface area contributed by atoms with E-state index in [-0.39, 0.29) is 0 Å². The van der Waals surface area contributed by atoms with Crippen molar-refractivity contribution in [3.8, 4) is 72.4 Å². The summed E-state index contributed by atoms with van der Waals surface area (Å²) in [6, 6.07) is 106. The SMILES string of the molecule is c1ccc(-c2ccc(N(c3ccc(-c4ccccc4)cc3)c3ccc(-c4ccc(-c5ccccc5-n5c6cccc(-c7ccccc7)c6c6c(-c7cccc8ccccc78)cccc65)cc4)cc3)cc2)cc1. The minimum Gasteiger partial charge on any atom is -0.311 e. The lowest BCUT2D eigenvalue weighted by molar-refractivity contribution is 1.18. The molecule has 0 aliphatic heterocycles. The van der Waals surface area contributed by atoms with E-state index in [1.165, 1.54) is 82.6 Å². The molecule has 0 spiro atoms. The Labute approximate surface area is 420 Å². The van der Waals surface area contributed by atoms with Crippen LogP contribution in [0, 0.1) is 0 Å². The number of nitrogens with zero attached hydrogens (tertiary/aromatic N) is 2. The number of hydrogen-bond donors (Lipinski definition) is 0. The third-order valence-corrected chi connectivity index (χ3v) is 14.2. The summed E-state index contributed by atoms with van der Waals surface area (Å²) in [6.45, 7) is 0. The largest absolute Gasteiger partial charge is 0.311 e. The number of fused-ring (bicyclic) bond motifs is 4. The van der Waals surface area contributed by atoms with Gasteiger partial charge in [-0.2, -0.15) is 0 Å². The first-order valence-corrected chi connectivity index (χ1v) is 24.7. The minimum atomic E-state index is 1.09. The first-order chi connectivity index (χ1) is 35.7. The summed E-state index contributed by atoms with van der Waals surface area (Å²) in [5.41, 5.74) is 21.1. The lowest BCUT2D eigenvalue weighted by Gasteiger charge is -2.26. The van der Waals surface area contributed by atoms with Crippen molar-refractivity contribution >= 4 is 49.6 Å². The Balaban J connectivity index is 0.878. The van der Waals surface area contributed by atoms with E-state index >= 15 is 0 Å².